The fraction of sp³-hybridized carbons (Fsp3) is 0.667. The van der Waals surface area contributed by atoms with E-state index in [1.54, 1.807) is 0 Å². The second kappa shape index (κ2) is 6.54. The van der Waals surface area contributed by atoms with Crippen molar-refractivity contribution in [1.82, 2.24) is 14.5 Å². The lowest BCUT2D eigenvalue weighted by atomic mass is 10.1. The number of carbonyl (C=O) groups is 1. The van der Waals surface area contributed by atoms with Crippen LogP contribution in [0.4, 0.5) is 0 Å². The molecule has 1 saturated carbocycles. The van der Waals surface area contributed by atoms with Crippen molar-refractivity contribution in [2.24, 2.45) is 5.92 Å². The second-order valence-corrected chi connectivity index (χ2v) is 6.96. The van der Waals surface area contributed by atoms with Gasteiger partial charge >= 0.3 is 5.97 Å². The molecule has 2 rings (SSSR count). The van der Waals surface area contributed by atoms with Crippen molar-refractivity contribution in [3.05, 3.63) is 12.4 Å². The van der Waals surface area contributed by atoms with Gasteiger partial charge in [0.25, 0.3) is 0 Å². The summed E-state index contributed by atoms with van der Waals surface area (Å²) in [6.45, 7) is 0.315. The normalized spacial score (nSPS) is 22.5. The summed E-state index contributed by atoms with van der Waals surface area (Å²) in [6.07, 6.45) is 4.34. The summed E-state index contributed by atoms with van der Waals surface area (Å²) in [5, 5.41) is 22.1. The van der Waals surface area contributed by atoms with Crippen LogP contribution in [0.25, 0.3) is 0 Å². The summed E-state index contributed by atoms with van der Waals surface area (Å²) in [5.41, 5.74) is 0. The highest BCUT2D eigenvalue weighted by Gasteiger charge is 2.27. The van der Waals surface area contributed by atoms with E-state index < -0.39 is 22.1 Å². The van der Waals surface area contributed by atoms with E-state index in [1.165, 1.54) is 17.1 Å². The molecule has 1 aromatic rings. The van der Waals surface area contributed by atoms with E-state index in [-0.39, 0.29) is 30.3 Å². The van der Waals surface area contributed by atoms with Crippen molar-refractivity contribution in [2.45, 2.75) is 43.2 Å². The van der Waals surface area contributed by atoms with Crippen LogP contribution in [-0.2, 0) is 21.4 Å². The highest BCUT2D eigenvalue weighted by atomic mass is 32.2. The molecule has 1 aromatic heterocycles. The third kappa shape index (κ3) is 4.26. The Labute approximate surface area is 122 Å². The molecule has 0 saturated heterocycles. The SMILES string of the molecule is O=C(O)CCn1cc(S(=O)(=O)NCC2CCCC2O)cn1. The minimum atomic E-state index is -3.68. The molecule has 0 aliphatic heterocycles. The molecule has 2 atom stereocenters. The number of hydrogen-bond acceptors (Lipinski definition) is 5. The van der Waals surface area contributed by atoms with Gasteiger partial charge in [0.05, 0.1) is 25.3 Å². The number of aliphatic hydroxyl groups is 1. The number of nitrogens with zero attached hydrogens (tertiary/aromatic N) is 2. The van der Waals surface area contributed by atoms with Crippen molar-refractivity contribution < 1.29 is 23.4 Å². The summed E-state index contributed by atoms with van der Waals surface area (Å²) in [5.74, 6) is -1.02. The molecule has 0 spiro atoms. The summed E-state index contributed by atoms with van der Waals surface area (Å²) >= 11 is 0. The summed E-state index contributed by atoms with van der Waals surface area (Å²) in [4.78, 5) is 10.5. The molecule has 0 aromatic carbocycles. The van der Waals surface area contributed by atoms with Crippen LogP contribution < -0.4 is 4.72 Å². The summed E-state index contributed by atoms with van der Waals surface area (Å²) in [7, 11) is -3.68. The van der Waals surface area contributed by atoms with Crippen LogP contribution in [0.15, 0.2) is 17.3 Å². The summed E-state index contributed by atoms with van der Waals surface area (Å²) in [6, 6.07) is 0. The van der Waals surface area contributed by atoms with Gasteiger partial charge in [0.2, 0.25) is 10.0 Å². The molecule has 1 aliphatic rings. The number of carboxylic acids is 1. The van der Waals surface area contributed by atoms with E-state index in [1.807, 2.05) is 0 Å². The predicted molar refractivity (Wildman–Crippen MR) is 73.0 cm³/mol. The average Bonchev–Trinajstić information content (AvgIpc) is 3.03. The van der Waals surface area contributed by atoms with Crippen LogP contribution in [0.5, 0.6) is 0 Å². The molecule has 1 fully saturated rings. The Hall–Kier alpha value is -1.45. The van der Waals surface area contributed by atoms with Crippen molar-refractivity contribution >= 4 is 16.0 Å². The second-order valence-electron chi connectivity index (χ2n) is 5.19. The zero-order chi connectivity index (χ0) is 15.5. The van der Waals surface area contributed by atoms with E-state index >= 15 is 0 Å². The van der Waals surface area contributed by atoms with Crippen LogP contribution >= 0.6 is 0 Å². The first-order chi connectivity index (χ1) is 9.88. The first kappa shape index (κ1) is 15.9. The van der Waals surface area contributed by atoms with Gasteiger partial charge in [-0.2, -0.15) is 5.10 Å². The fourth-order valence-corrected chi connectivity index (χ4v) is 3.42. The Morgan fingerprint density at radius 3 is 2.86 bits per heavy atom. The number of carboxylic acid groups (broad SMARTS) is 1. The lowest BCUT2D eigenvalue weighted by molar-refractivity contribution is -0.137. The number of aliphatic carboxylic acids is 1. The third-order valence-corrected chi connectivity index (χ3v) is 5.01. The van der Waals surface area contributed by atoms with Gasteiger partial charge in [-0.1, -0.05) is 6.42 Å². The molecule has 1 heterocycles. The van der Waals surface area contributed by atoms with Crippen LogP contribution in [-0.4, -0.2) is 47.0 Å². The molecule has 2 unspecified atom stereocenters. The molecule has 21 heavy (non-hydrogen) atoms. The molecule has 118 valence electrons. The lowest BCUT2D eigenvalue weighted by Gasteiger charge is -2.14. The van der Waals surface area contributed by atoms with E-state index in [9.17, 15) is 18.3 Å². The molecular formula is C12H19N3O5S. The van der Waals surface area contributed by atoms with Crippen LogP contribution in [0.2, 0.25) is 0 Å². The van der Waals surface area contributed by atoms with Gasteiger partial charge in [0.1, 0.15) is 4.90 Å². The zero-order valence-electron chi connectivity index (χ0n) is 11.5. The lowest BCUT2D eigenvalue weighted by Crippen LogP contribution is -2.32. The maximum Gasteiger partial charge on any atom is 0.305 e. The van der Waals surface area contributed by atoms with Crippen molar-refractivity contribution in [3.8, 4) is 0 Å². The molecule has 0 amide bonds. The maximum absolute atomic E-state index is 12.1. The number of nitrogens with one attached hydrogen (secondary N) is 1. The van der Waals surface area contributed by atoms with E-state index in [0.717, 1.165) is 12.8 Å². The van der Waals surface area contributed by atoms with Crippen molar-refractivity contribution in [1.29, 1.82) is 0 Å². The zero-order valence-corrected chi connectivity index (χ0v) is 12.3. The van der Waals surface area contributed by atoms with Gasteiger partial charge < -0.3 is 10.2 Å². The molecule has 8 nitrogen and oxygen atoms in total. The van der Waals surface area contributed by atoms with Crippen LogP contribution in [0.1, 0.15) is 25.7 Å². The standard InChI is InChI=1S/C12H19N3O5S/c16-11-3-1-2-9(11)6-14-21(19,20)10-7-13-15(8-10)5-4-12(17)18/h7-9,11,14,16H,1-6H2,(H,17,18). The van der Waals surface area contributed by atoms with Gasteiger partial charge in [-0.25, -0.2) is 13.1 Å². The Morgan fingerprint density at radius 2 is 2.24 bits per heavy atom. The minimum Gasteiger partial charge on any atom is -0.481 e. The summed E-state index contributed by atoms with van der Waals surface area (Å²) < 4.78 is 27.9. The third-order valence-electron chi connectivity index (χ3n) is 3.63. The highest BCUT2D eigenvalue weighted by Crippen LogP contribution is 2.25. The van der Waals surface area contributed by atoms with E-state index in [2.05, 4.69) is 9.82 Å². The van der Waals surface area contributed by atoms with E-state index in [0.29, 0.717) is 6.42 Å². The fourth-order valence-electron chi connectivity index (χ4n) is 2.37. The van der Waals surface area contributed by atoms with Gasteiger partial charge in [-0.05, 0) is 18.8 Å². The quantitative estimate of drug-likeness (QED) is 0.640. The first-order valence-corrected chi connectivity index (χ1v) is 8.29. The maximum atomic E-state index is 12.1. The Kier molecular flexibility index (Phi) is 4.96. The predicted octanol–water partition coefficient (Wildman–Crippen LogP) is -0.203. The van der Waals surface area contributed by atoms with Crippen LogP contribution in [0, 0.1) is 5.92 Å². The van der Waals surface area contributed by atoms with Crippen molar-refractivity contribution in [3.63, 3.8) is 0 Å². The number of hydrogen-bond donors (Lipinski definition) is 3. The van der Waals surface area contributed by atoms with Gasteiger partial charge in [0, 0.05) is 12.7 Å². The molecule has 0 radical (unpaired) electrons. The Bertz CT molecular complexity index is 598. The number of aromatic nitrogens is 2. The van der Waals surface area contributed by atoms with E-state index in [4.69, 9.17) is 5.11 Å². The minimum absolute atomic E-state index is 0.000348. The number of aryl methyl sites for hydroxylation is 1. The van der Waals surface area contributed by atoms with Crippen molar-refractivity contribution in [2.75, 3.05) is 6.54 Å². The molecule has 1 aliphatic carbocycles. The number of sulfonamides is 1. The monoisotopic (exact) mass is 317 g/mol. The molecular weight excluding hydrogens is 298 g/mol. The first-order valence-electron chi connectivity index (χ1n) is 6.80. The van der Waals surface area contributed by atoms with Gasteiger partial charge in [-0.15, -0.1) is 0 Å². The molecule has 9 heteroatoms. The largest absolute Gasteiger partial charge is 0.481 e. The van der Waals surface area contributed by atoms with Gasteiger partial charge in [0.15, 0.2) is 0 Å². The van der Waals surface area contributed by atoms with Crippen LogP contribution in [0.3, 0.4) is 0 Å². The molecule has 3 N–H and O–H groups in total. The highest BCUT2D eigenvalue weighted by molar-refractivity contribution is 7.89. The molecule has 0 bridgehead atoms. The smallest absolute Gasteiger partial charge is 0.305 e. The Morgan fingerprint density at radius 1 is 1.48 bits per heavy atom. The number of rotatable bonds is 7. The Balaban J connectivity index is 1.94. The number of aliphatic hydroxyl groups excluding tert-OH is 1. The average molecular weight is 317 g/mol. The van der Waals surface area contributed by atoms with Gasteiger partial charge in [-0.3, -0.25) is 9.48 Å². The topological polar surface area (TPSA) is 122 Å².